The molecule has 190 valence electrons. The quantitative estimate of drug-likeness (QED) is 0.288. The molecule has 3 aromatic rings. The molecule has 0 spiro atoms. The average molecular weight is 511 g/mol. The first kappa shape index (κ1) is 24.8. The van der Waals surface area contributed by atoms with E-state index in [0.29, 0.717) is 36.1 Å². The fourth-order valence-corrected chi connectivity index (χ4v) is 4.33. The minimum Gasteiger partial charge on any atom is -0.492 e. The van der Waals surface area contributed by atoms with E-state index in [2.05, 4.69) is 20.5 Å². The van der Waals surface area contributed by atoms with Gasteiger partial charge in [0.05, 0.1) is 13.2 Å². The van der Waals surface area contributed by atoms with Crippen LogP contribution >= 0.6 is 0 Å². The molecule has 0 unspecified atom stereocenters. The van der Waals surface area contributed by atoms with E-state index < -0.39 is 35.2 Å². The maximum atomic E-state index is 13.1. The molecule has 0 amide bonds. The molecule has 2 aliphatic rings. The topological polar surface area (TPSA) is 136 Å². The lowest BCUT2D eigenvalue weighted by Gasteiger charge is -2.05. The number of nitrogens with zero attached hydrogens (tertiary/aromatic N) is 4. The number of rotatable bonds is 8. The van der Waals surface area contributed by atoms with E-state index in [9.17, 15) is 19.2 Å². The van der Waals surface area contributed by atoms with Gasteiger partial charge in [-0.05, 0) is 50.2 Å². The zero-order chi connectivity index (χ0) is 26.8. The van der Waals surface area contributed by atoms with E-state index in [1.54, 1.807) is 48.5 Å². The first-order valence-electron chi connectivity index (χ1n) is 12.0. The highest BCUT2D eigenvalue weighted by atomic mass is 16.5. The van der Waals surface area contributed by atoms with Gasteiger partial charge < -0.3 is 9.47 Å². The Morgan fingerprint density at radius 2 is 0.921 bits per heavy atom. The highest BCUT2D eigenvalue weighted by Gasteiger charge is 2.45. The normalized spacial score (nSPS) is 15.6. The number of ether oxygens (including phenoxy) is 2. The molecule has 38 heavy (non-hydrogen) atoms. The molecule has 0 atom stereocenters. The Balaban J connectivity index is 1.41. The van der Waals surface area contributed by atoms with Crippen LogP contribution in [0.1, 0.15) is 55.3 Å². The third-order valence-electron chi connectivity index (χ3n) is 6.10. The third kappa shape index (κ3) is 4.30. The molecular formula is C28H22N4O6. The number of carbonyl (C=O) groups is 4. The Morgan fingerprint density at radius 3 is 1.26 bits per heavy atom. The lowest BCUT2D eigenvalue weighted by Crippen LogP contribution is -2.20. The van der Waals surface area contributed by atoms with Crippen molar-refractivity contribution in [1.82, 2.24) is 0 Å². The van der Waals surface area contributed by atoms with Crippen LogP contribution in [0.25, 0.3) is 0 Å². The minimum absolute atomic E-state index is 0.0243. The van der Waals surface area contributed by atoms with Gasteiger partial charge >= 0.3 is 0 Å². The summed E-state index contributed by atoms with van der Waals surface area (Å²) in [5.41, 5.74) is 0.843. The Morgan fingerprint density at radius 1 is 0.579 bits per heavy atom. The SMILES string of the molecule is CCOc1ccccc1N=NC1C(=O)c2cc3c(cc2C1=O)C(=O)C(N=Nc1ccccc1OCC)C3=O. The summed E-state index contributed by atoms with van der Waals surface area (Å²) < 4.78 is 11.0. The summed E-state index contributed by atoms with van der Waals surface area (Å²) in [5.74, 6) is -1.45. The van der Waals surface area contributed by atoms with Crippen LogP contribution in [0.3, 0.4) is 0 Å². The van der Waals surface area contributed by atoms with Gasteiger partial charge in [0.2, 0.25) is 0 Å². The van der Waals surface area contributed by atoms with Crippen molar-refractivity contribution >= 4 is 34.5 Å². The van der Waals surface area contributed by atoms with E-state index >= 15 is 0 Å². The smallest absolute Gasteiger partial charge is 0.197 e. The average Bonchev–Trinajstić information content (AvgIpc) is 3.30. The summed E-state index contributed by atoms with van der Waals surface area (Å²) in [6.07, 6.45) is 0. The zero-order valence-electron chi connectivity index (χ0n) is 20.6. The van der Waals surface area contributed by atoms with Crippen molar-refractivity contribution < 1.29 is 28.7 Å². The number of ketones is 4. The molecule has 5 rings (SSSR count). The summed E-state index contributed by atoms with van der Waals surface area (Å²) in [7, 11) is 0. The van der Waals surface area contributed by atoms with Crippen molar-refractivity contribution in [3.05, 3.63) is 82.9 Å². The zero-order valence-corrected chi connectivity index (χ0v) is 20.6. The maximum absolute atomic E-state index is 13.1. The van der Waals surface area contributed by atoms with E-state index in [1.165, 1.54) is 12.1 Å². The van der Waals surface area contributed by atoms with E-state index in [0.717, 1.165) is 0 Å². The molecule has 0 aliphatic heterocycles. The molecule has 0 bridgehead atoms. The van der Waals surface area contributed by atoms with E-state index in [4.69, 9.17) is 9.47 Å². The molecule has 3 aromatic carbocycles. The van der Waals surface area contributed by atoms with Crippen LogP contribution in [0.5, 0.6) is 11.5 Å². The number of hydrogen-bond donors (Lipinski definition) is 0. The van der Waals surface area contributed by atoms with Crippen molar-refractivity contribution in [1.29, 1.82) is 0 Å². The predicted octanol–water partition coefficient (Wildman–Crippen LogP) is 5.55. The fraction of sp³-hybridized carbons (Fsp3) is 0.214. The van der Waals surface area contributed by atoms with Crippen molar-refractivity contribution in [2.24, 2.45) is 20.5 Å². The first-order chi connectivity index (χ1) is 18.4. The minimum atomic E-state index is -1.40. The van der Waals surface area contributed by atoms with Crippen molar-refractivity contribution in [3.8, 4) is 11.5 Å². The first-order valence-corrected chi connectivity index (χ1v) is 12.0. The van der Waals surface area contributed by atoms with Crippen molar-refractivity contribution in [2.45, 2.75) is 25.9 Å². The molecule has 0 fully saturated rings. The van der Waals surface area contributed by atoms with Gasteiger partial charge in [0.15, 0.2) is 35.2 Å². The number of azo groups is 2. The molecule has 0 radical (unpaired) electrons. The summed E-state index contributed by atoms with van der Waals surface area (Å²) in [5, 5.41) is 16.1. The van der Waals surface area contributed by atoms with Gasteiger partial charge in [-0.2, -0.15) is 20.5 Å². The second kappa shape index (κ2) is 10.3. The summed E-state index contributed by atoms with van der Waals surface area (Å²) in [4.78, 5) is 52.2. The Bertz CT molecular complexity index is 1380. The highest BCUT2D eigenvalue weighted by Crippen LogP contribution is 2.35. The van der Waals surface area contributed by atoms with E-state index in [1.807, 2.05) is 13.8 Å². The number of benzene rings is 3. The predicted molar refractivity (Wildman–Crippen MR) is 136 cm³/mol. The third-order valence-corrected chi connectivity index (χ3v) is 6.10. The second-order valence-electron chi connectivity index (χ2n) is 8.44. The number of para-hydroxylation sites is 2. The lowest BCUT2D eigenvalue weighted by atomic mass is 10.0. The molecule has 0 saturated carbocycles. The van der Waals surface area contributed by atoms with Crippen LogP contribution in [0.4, 0.5) is 11.4 Å². The van der Waals surface area contributed by atoms with Gasteiger partial charge in [-0.15, -0.1) is 0 Å². The largest absolute Gasteiger partial charge is 0.492 e. The van der Waals surface area contributed by atoms with Gasteiger partial charge in [0.25, 0.3) is 0 Å². The lowest BCUT2D eigenvalue weighted by molar-refractivity contribution is 0.0879. The molecule has 0 saturated heterocycles. The summed E-state index contributed by atoms with van der Waals surface area (Å²) in [6.45, 7) is 4.46. The van der Waals surface area contributed by atoms with Crippen molar-refractivity contribution in [3.63, 3.8) is 0 Å². The van der Waals surface area contributed by atoms with Gasteiger partial charge in [-0.1, -0.05) is 24.3 Å². The number of fused-ring (bicyclic) bond motifs is 2. The molecule has 10 nitrogen and oxygen atoms in total. The molecular weight excluding hydrogens is 488 g/mol. The highest BCUT2D eigenvalue weighted by molar-refractivity contribution is 6.34. The molecule has 0 N–H and O–H groups in total. The van der Waals surface area contributed by atoms with Gasteiger partial charge in [-0.25, -0.2) is 0 Å². The van der Waals surface area contributed by atoms with Gasteiger partial charge in [0.1, 0.15) is 22.9 Å². The van der Waals surface area contributed by atoms with Crippen LogP contribution in [0, 0.1) is 0 Å². The van der Waals surface area contributed by atoms with E-state index in [-0.39, 0.29) is 22.3 Å². The Labute approximate surface area is 217 Å². The van der Waals surface area contributed by atoms with Crippen molar-refractivity contribution in [2.75, 3.05) is 13.2 Å². The maximum Gasteiger partial charge on any atom is 0.197 e. The number of hydrogen-bond acceptors (Lipinski definition) is 10. The standard InChI is InChI=1S/C28H22N4O6/c1-3-37-21-11-7-5-9-19(21)29-31-23-25(33)15-13-17-18(14-16(15)26(23)34)28(36)24(27(17)35)32-30-20-10-6-8-12-22(20)38-4-2/h5-14,23-24H,3-4H2,1-2H3. The van der Waals surface area contributed by atoms with Crippen LogP contribution in [-0.4, -0.2) is 48.4 Å². The van der Waals surface area contributed by atoms with Gasteiger partial charge in [0, 0.05) is 22.3 Å². The van der Waals surface area contributed by atoms with Crippen LogP contribution in [-0.2, 0) is 0 Å². The Hall–Kier alpha value is -4.86. The fourth-order valence-electron chi connectivity index (χ4n) is 4.33. The molecule has 0 aromatic heterocycles. The van der Waals surface area contributed by atoms with Crippen LogP contribution < -0.4 is 9.47 Å². The summed E-state index contributed by atoms with van der Waals surface area (Å²) >= 11 is 0. The monoisotopic (exact) mass is 510 g/mol. The van der Waals surface area contributed by atoms with Crippen LogP contribution in [0.15, 0.2) is 81.1 Å². The number of Topliss-reactive ketones (excluding diaryl/α,β-unsaturated/α-hetero) is 4. The molecule has 10 heteroatoms. The summed E-state index contributed by atoms with van der Waals surface area (Å²) in [6, 6.07) is 13.5. The second-order valence-corrected chi connectivity index (χ2v) is 8.44. The van der Waals surface area contributed by atoms with Crippen LogP contribution in [0.2, 0.25) is 0 Å². The molecule has 2 aliphatic carbocycles. The number of carbonyl (C=O) groups excluding carboxylic acids is 4. The molecule has 0 heterocycles. The van der Waals surface area contributed by atoms with Gasteiger partial charge in [-0.3, -0.25) is 19.2 Å². The Kier molecular flexibility index (Phi) is 6.69.